The molecule has 0 spiro atoms. The van der Waals surface area contributed by atoms with Gasteiger partial charge < -0.3 is 14.6 Å². The maximum absolute atomic E-state index is 5.82. The zero-order valence-electron chi connectivity index (χ0n) is 9.31. The molecule has 1 aliphatic rings. The van der Waals surface area contributed by atoms with E-state index in [4.69, 9.17) is 4.74 Å². The lowest BCUT2D eigenvalue weighted by molar-refractivity contribution is 0.200. The molecule has 84 valence electrons. The fraction of sp³-hybridized carbons (Fsp3) is 0.417. The average molecular weight is 217 g/mol. The molecule has 16 heavy (non-hydrogen) atoms. The number of nitrogens with one attached hydrogen (secondary N) is 1. The van der Waals surface area contributed by atoms with Crippen molar-refractivity contribution in [1.29, 1.82) is 0 Å². The summed E-state index contributed by atoms with van der Waals surface area (Å²) < 4.78 is 7.83. The summed E-state index contributed by atoms with van der Waals surface area (Å²) in [7, 11) is 2.00. The number of imidazole rings is 1. The molecule has 2 aromatic rings. The number of fused-ring (bicyclic) bond motifs is 1. The van der Waals surface area contributed by atoms with E-state index in [1.54, 1.807) is 0 Å². The molecule has 4 nitrogen and oxygen atoms in total. The maximum Gasteiger partial charge on any atom is 0.147 e. The summed E-state index contributed by atoms with van der Waals surface area (Å²) in [5.74, 6) is 1.55. The van der Waals surface area contributed by atoms with Gasteiger partial charge in [0.2, 0.25) is 0 Å². The molecule has 0 atom stereocenters. The number of ether oxygens (including phenoxy) is 1. The SMILES string of the molecule is Cn1cnc2c(OCC3CNC3)cccc21. The van der Waals surface area contributed by atoms with Crippen LogP contribution in [0.15, 0.2) is 24.5 Å². The van der Waals surface area contributed by atoms with Gasteiger partial charge in [0.05, 0.1) is 18.5 Å². The molecule has 0 saturated carbocycles. The summed E-state index contributed by atoms with van der Waals surface area (Å²) in [6, 6.07) is 6.06. The zero-order valence-corrected chi connectivity index (χ0v) is 9.31. The van der Waals surface area contributed by atoms with Gasteiger partial charge in [-0.05, 0) is 12.1 Å². The molecular weight excluding hydrogens is 202 g/mol. The van der Waals surface area contributed by atoms with Crippen LogP contribution in [0.1, 0.15) is 0 Å². The Balaban J connectivity index is 1.84. The number of nitrogens with zero attached hydrogens (tertiary/aromatic N) is 2. The largest absolute Gasteiger partial charge is 0.491 e. The van der Waals surface area contributed by atoms with Crippen LogP contribution < -0.4 is 10.1 Å². The molecule has 0 bridgehead atoms. The lowest BCUT2D eigenvalue weighted by Crippen LogP contribution is -2.45. The van der Waals surface area contributed by atoms with Crippen LogP contribution in [0.3, 0.4) is 0 Å². The fourth-order valence-electron chi connectivity index (χ4n) is 1.92. The van der Waals surface area contributed by atoms with Crippen molar-refractivity contribution < 1.29 is 4.74 Å². The van der Waals surface area contributed by atoms with E-state index >= 15 is 0 Å². The van der Waals surface area contributed by atoms with Gasteiger partial charge in [-0.2, -0.15) is 0 Å². The molecule has 2 heterocycles. The van der Waals surface area contributed by atoms with Gasteiger partial charge in [-0.25, -0.2) is 4.98 Å². The molecule has 1 fully saturated rings. The van der Waals surface area contributed by atoms with Crippen LogP contribution in [0.2, 0.25) is 0 Å². The first-order valence-corrected chi connectivity index (χ1v) is 5.58. The minimum absolute atomic E-state index is 0.652. The van der Waals surface area contributed by atoms with Gasteiger partial charge in [-0.15, -0.1) is 0 Å². The second kappa shape index (κ2) is 3.79. The first kappa shape index (κ1) is 9.66. The van der Waals surface area contributed by atoms with Crippen LogP contribution in [-0.4, -0.2) is 29.2 Å². The molecule has 0 aliphatic carbocycles. The monoisotopic (exact) mass is 217 g/mol. The van der Waals surface area contributed by atoms with Crippen molar-refractivity contribution >= 4 is 11.0 Å². The highest BCUT2D eigenvalue weighted by Gasteiger charge is 2.17. The first-order chi connectivity index (χ1) is 7.84. The van der Waals surface area contributed by atoms with E-state index < -0.39 is 0 Å². The molecule has 1 aliphatic heterocycles. The molecule has 1 saturated heterocycles. The Morgan fingerprint density at radius 2 is 2.38 bits per heavy atom. The second-order valence-corrected chi connectivity index (χ2v) is 4.31. The van der Waals surface area contributed by atoms with Crippen molar-refractivity contribution in [3.05, 3.63) is 24.5 Å². The van der Waals surface area contributed by atoms with E-state index in [1.165, 1.54) is 0 Å². The third-order valence-corrected chi connectivity index (χ3v) is 3.06. The van der Waals surface area contributed by atoms with Gasteiger partial charge in [0, 0.05) is 26.1 Å². The van der Waals surface area contributed by atoms with Gasteiger partial charge >= 0.3 is 0 Å². The van der Waals surface area contributed by atoms with Crippen LogP contribution in [0.5, 0.6) is 5.75 Å². The highest BCUT2D eigenvalue weighted by atomic mass is 16.5. The Kier molecular flexibility index (Phi) is 2.29. The average Bonchev–Trinajstić information content (AvgIpc) is 2.60. The van der Waals surface area contributed by atoms with Crippen LogP contribution in [-0.2, 0) is 7.05 Å². The summed E-state index contributed by atoms with van der Waals surface area (Å²) >= 11 is 0. The highest BCUT2D eigenvalue weighted by Crippen LogP contribution is 2.24. The summed E-state index contributed by atoms with van der Waals surface area (Å²) in [6.45, 7) is 2.92. The molecule has 1 N–H and O–H groups in total. The predicted molar refractivity (Wildman–Crippen MR) is 62.6 cm³/mol. The Labute approximate surface area is 94.2 Å². The molecule has 4 heteroatoms. The Morgan fingerprint density at radius 3 is 3.12 bits per heavy atom. The van der Waals surface area contributed by atoms with Gasteiger partial charge in [0.15, 0.2) is 0 Å². The molecule has 1 aromatic heterocycles. The van der Waals surface area contributed by atoms with Crippen molar-refractivity contribution in [1.82, 2.24) is 14.9 Å². The first-order valence-electron chi connectivity index (χ1n) is 5.58. The number of rotatable bonds is 3. The van der Waals surface area contributed by atoms with Crippen LogP contribution in [0.4, 0.5) is 0 Å². The number of hydrogen-bond acceptors (Lipinski definition) is 3. The number of hydrogen-bond donors (Lipinski definition) is 1. The Bertz CT molecular complexity index is 502. The van der Waals surface area contributed by atoms with Gasteiger partial charge in [-0.3, -0.25) is 0 Å². The van der Waals surface area contributed by atoms with Crippen LogP contribution in [0.25, 0.3) is 11.0 Å². The number of benzene rings is 1. The fourth-order valence-corrected chi connectivity index (χ4v) is 1.92. The maximum atomic E-state index is 5.82. The number of aromatic nitrogens is 2. The molecular formula is C12H15N3O. The van der Waals surface area contributed by atoms with Crippen molar-refractivity contribution in [3.63, 3.8) is 0 Å². The number of para-hydroxylation sites is 1. The smallest absolute Gasteiger partial charge is 0.147 e. The topological polar surface area (TPSA) is 39.1 Å². The van der Waals surface area contributed by atoms with Crippen molar-refractivity contribution in [3.8, 4) is 5.75 Å². The third kappa shape index (κ3) is 1.55. The quantitative estimate of drug-likeness (QED) is 0.839. The van der Waals surface area contributed by atoms with Crippen molar-refractivity contribution in [2.24, 2.45) is 13.0 Å². The van der Waals surface area contributed by atoms with Crippen LogP contribution >= 0.6 is 0 Å². The van der Waals surface area contributed by atoms with Crippen molar-refractivity contribution in [2.75, 3.05) is 19.7 Å². The Morgan fingerprint density at radius 1 is 1.50 bits per heavy atom. The van der Waals surface area contributed by atoms with E-state index in [1.807, 2.05) is 30.1 Å². The van der Waals surface area contributed by atoms with E-state index in [0.29, 0.717) is 5.92 Å². The van der Waals surface area contributed by atoms with Crippen LogP contribution in [0, 0.1) is 5.92 Å². The van der Waals surface area contributed by atoms with Gasteiger partial charge in [0.25, 0.3) is 0 Å². The van der Waals surface area contributed by atoms with E-state index in [0.717, 1.165) is 36.5 Å². The molecule has 1 aromatic carbocycles. The highest BCUT2D eigenvalue weighted by molar-refractivity contribution is 5.81. The normalized spacial score (nSPS) is 16.3. The second-order valence-electron chi connectivity index (χ2n) is 4.31. The summed E-state index contributed by atoms with van der Waals surface area (Å²) in [4.78, 5) is 4.36. The number of aryl methyl sites for hydroxylation is 1. The van der Waals surface area contributed by atoms with Gasteiger partial charge in [-0.1, -0.05) is 6.07 Å². The van der Waals surface area contributed by atoms with E-state index in [-0.39, 0.29) is 0 Å². The molecule has 0 unspecified atom stereocenters. The van der Waals surface area contributed by atoms with Gasteiger partial charge in [0.1, 0.15) is 11.3 Å². The lowest BCUT2D eigenvalue weighted by Gasteiger charge is -2.26. The zero-order chi connectivity index (χ0) is 11.0. The van der Waals surface area contributed by atoms with E-state index in [2.05, 4.69) is 16.4 Å². The molecule has 0 radical (unpaired) electrons. The van der Waals surface area contributed by atoms with Crippen molar-refractivity contribution in [2.45, 2.75) is 0 Å². The summed E-state index contributed by atoms with van der Waals surface area (Å²) in [5, 5.41) is 3.24. The lowest BCUT2D eigenvalue weighted by atomic mass is 10.1. The Hall–Kier alpha value is -1.55. The molecule has 0 amide bonds. The standard InChI is InChI=1S/C12H15N3O/c1-15-8-14-12-10(15)3-2-4-11(12)16-7-9-5-13-6-9/h2-4,8-9,13H,5-7H2,1H3. The molecule has 3 rings (SSSR count). The minimum Gasteiger partial charge on any atom is -0.491 e. The third-order valence-electron chi connectivity index (χ3n) is 3.06. The summed E-state index contributed by atoms with van der Waals surface area (Å²) in [6.07, 6.45) is 1.82. The minimum atomic E-state index is 0.652. The van der Waals surface area contributed by atoms with E-state index in [9.17, 15) is 0 Å². The summed E-state index contributed by atoms with van der Waals surface area (Å²) in [5.41, 5.74) is 2.07. The predicted octanol–water partition coefficient (Wildman–Crippen LogP) is 1.17.